The first kappa shape index (κ1) is 32.3. The van der Waals surface area contributed by atoms with Crippen molar-refractivity contribution in [2.45, 2.75) is 90.1 Å². The summed E-state index contributed by atoms with van der Waals surface area (Å²) in [7, 11) is 3.31. The summed E-state index contributed by atoms with van der Waals surface area (Å²) >= 11 is 0. The second kappa shape index (κ2) is 14.2. The Kier molecular flexibility index (Phi) is 10.7. The van der Waals surface area contributed by atoms with E-state index in [4.69, 9.17) is 9.47 Å². The molecule has 3 aliphatic heterocycles. The van der Waals surface area contributed by atoms with Crippen LogP contribution in [0.5, 0.6) is 11.5 Å². The number of rotatable bonds is 9. The molecule has 236 valence electrons. The van der Waals surface area contributed by atoms with Crippen LogP contribution in [0.15, 0.2) is 24.4 Å². The highest BCUT2D eigenvalue weighted by Crippen LogP contribution is 2.32. The summed E-state index contributed by atoms with van der Waals surface area (Å²) in [5, 5.41) is 8.91. The zero-order valence-corrected chi connectivity index (χ0v) is 26.2. The van der Waals surface area contributed by atoms with Crippen LogP contribution in [0.4, 0.5) is 0 Å². The molecule has 3 heterocycles. The van der Waals surface area contributed by atoms with E-state index in [0.717, 1.165) is 6.42 Å². The van der Waals surface area contributed by atoms with Crippen molar-refractivity contribution in [2.24, 2.45) is 11.8 Å². The molecule has 2 bridgehead atoms. The van der Waals surface area contributed by atoms with Crippen molar-refractivity contribution < 1.29 is 28.7 Å². The van der Waals surface area contributed by atoms with Crippen LogP contribution in [-0.2, 0) is 19.2 Å². The zero-order chi connectivity index (χ0) is 31.3. The third-order valence-electron chi connectivity index (χ3n) is 8.82. The molecule has 11 nitrogen and oxygen atoms in total. The minimum absolute atomic E-state index is 0.0726. The Morgan fingerprint density at radius 1 is 1.16 bits per heavy atom. The largest absolute Gasteiger partial charge is 0.496 e. The van der Waals surface area contributed by atoms with Crippen LogP contribution in [0.3, 0.4) is 0 Å². The minimum atomic E-state index is -0.943. The average molecular weight is 598 g/mol. The van der Waals surface area contributed by atoms with Gasteiger partial charge in [-0.05, 0) is 62.4 Å². The molecule has 11 heteroatoms. The Morgan fingerprint density at radius 3 is 2.60 bits per heavy atom. The molecule has 0 spiro atoms. The first-order valence-corrected chi connectivity index (χ1v) is 15.5. The van der Waals surface area contributed by atoms with Crippen LogP contribution in [0.2, 0.25) is 0 Å². The number of hydrogen-bond acceptors (Lipinski definition) is 7. The van der Waals surface area contributed by atoms with Crippen molar-refractivity contribution in [3.05, 3.63) is 30.0 Å². The lowest BCUT2D eigenvalue weighted by Crippen LogP contribution is -2.60. The summed E-state index contributed by atoms with van der Waals surface area (Å²) in [5.74, 6) is 0.183. The molecule has 0 unspecified atom stereocenters. The third kappa shape index (κ3) is 7.14. The SMILES string of the molecule is CC[C@H](C)[C@H](NC)C(=O)N[C@@H](CC(C)C)C(=O)N1CC[C@@H]2Oc3ccc(OC)c(c3)/C=C\NC(=O)[C@@H]3CCCN3C(=O)[C@H]21. The molecular weight excluding hydrogens is 550 g/mol. The van der Waals surface area contributed by atoms with Crippen LogP contribution < -0.4 is 25.4 Å². The Labute approximate surface area is 254 Å². The van der Waals surface area contributed by atoms with E-state index in [1.54, 1.807) is 54.4 Å². The third-order valence-corrected chi connectivity index (χ3v) is 8.82. The maximum atomic E-state index is 14.3. The summed E-state index contributed by atoms with van der Waals surface area (Å²) in [4.78, 5) is 58.3. The molecule has 1 aromatic rings. The van der Waals surface area contributed by atoms with Gasteiger partial charge in [-0.1, -0.05) is 34.1 Å². The van der Waals surface area contributed by atoms with E-state index in [0.29, 0.717) is 55.8 Å². The fourth-order valence-electron chi connectivity index (χ4n) is 6.36. The van der Waals surface area contributed by atoms with Gasteiger partial charge in [-0.15, -0.1) is 0 Å². The zero-order valence-electron chi connectivity index (χ0n) is 26.2. The summed E-state index contributed by atoms with van der Waals surface area (Å²) < 4.78 is 11.9. The van der Waals surface area contributed by atoms with Gasteiger partial charge >= 0.3 is 0 Å². The molecule has 2 saturated heterocycles. The normalized spacial score (nSPS) is 24.8. The minimum Gasteiger partial charge on any atom is -0.496 e. The number of likely N-dealkylation sites (tertiary alicyclic amines) is 1. The van der Waals surface area contributed by atoms with Gasteiger partial charge in [-0.2, -0.15) is 0 Å². The predicted molar refractivity (Wildman–Crippen MR) is 163 cm³/mol. The second-order valence-electron chi connectivity index (χ2n) is 12.2. The maximum Gasteiger partial charge on any atom is 0.249 e. The van der Waals surface area contributed by atoms with E-state index in [9.17, 15) is 19.2 Å². The highest BCUT2D eigenvalue weighted by molar-refractivity contribution is 5.96. The van der Waals surface area contributed by atoms with Crippen molar-refractivity contribution in [1.82, 2.24) is 25.8 Å². The van der Waals surface area contributed by atoms with Crippen LogP contribution >= 0.6 is 0 Å². The van der Waals surface area contributed by atoms with Gasteiger partial charge in [0.1, 0.15) is 35.7 Å². The lowest BCUT2D eigenvalue weighted by molar-refractivity contribution is -0.150. The molecule has 0 aromatic heterocycles. The van der Waals surface area contributed by atoms with Gasteiger partial charge in [0.2, 0.25) is 23.6 Å². The standard InChI is InChI=1S/C32H47N5O6/c1-7-20(4)27(33-5)30(39)35-23(17-19(2)3)31(40)37-16-13-26-28(37)32(41)36-15-8-9-24(36)29(38)34-14-12-21-18-22(43-26)10-11-25(21)42-6/h10-12,14,18-20,23-24,26-28,33H,7-9,13,15-17H2,1-6H3,(H,34,38)(H,35,39)/b14-12-/t20-,23-,24-,26-,27-,28-/m0/s1. The van der Waals surface area contributed by atoms with Gasteiger partial charge in [0.15, 0.2) is 0 Å². The van der Waals surface area contributed by atoms with Gasteiger partial charge in [-0.25, -0.2) is 0 Å². The quantitative estimate of drug-likeness (QED) is 0.399. The number of likely N-dealkylation sites (N-methyl/N-ethyl adjacent to an activating group) is 1. The number of carbonyl (C=O) groups excluding carboxylic acids is 4. The highest BCUT2D eigenvalue weighted by Gasteiger charge is 2.49. The fraction of sp³-hybridized carbons (Fsp3) is 0.625. The summed E-state index contributed by atoms with van der Waals surface area (Å²) in [5.41, 5.74) is 0.705. The molecule has 0 aliphatic carbocycles. The molecule has 4 amide bonds. The van der Waals surface area contributed by atoms with Gasteiger partial charge < -0.3 is 35.2 Å². The molecule has 0 radical (unpaired) electrons. The summed E-state index contributed by atoms with van der Waals surface area (Å²) in [6.07, 6.45) is 5.52. The van der Waals surface area contributed by atoms with E-state index >= 15 is 0 Å². The predicted octanol–water partition coefficient (Wildman–Crippen LogP) is 2.30. The number of nitrogens with one attached hydrogen (secondary N) is 3. The molecular formula is C32H47N5O6. The molecule has 4 rings (SSSR count). The van der Waals surface area contributed by atoms with Gasteiger partial charge in [0, 0.05) is 31.3 Å². The van der Waals surface area contributed by atoms with Gasteiger partial charge in [-0.3, -0.25) is 19.2 Å². The number of fused-ring (bicyclic) bond motifs is 4. The summed E-state index contributed by atoms with van der Waals surface area (Å²) in [6.45, 7) is 8.72. The first-order valence-electron chi connectivity index (χ1n) is 15.5. The lowest BCUT2D eigenvalue weighted by Gasteiger charge is -2.35. The van der Waals surface area contributed by atoms with Gasteiger partial charge in [0.25, 0.3) is 0 Å². The molecule has 2 fully saturated rings. The van der Waals surface area contributed by atoms with Crippen molar-refractivity contribution >= 4 is 29.7 Å². The van der Waals surface area contributed by atoms with Crippen molar-refractivity contribution in [3.8, 4) is 11.5 Å². The monoisotopic (exact) mass is 597 g/mol. The Hall–Kier alpha value is -3.60. The van der Waals surface area contributed by atoms with Crippen molar-refractivity contribution in [2.75, 3.05) is 27.2 Å². The molecule has 43 heavy (non-hydrogen) atoms. The second-order valence-corrected chi connectivity index (χ2v) is 12.2. The van der Waals surface area contributed by atoms with Crippen LogP contribution in [0.25, 0.3) is 6.08 Å². The number of hydrogen-bond donors (Lipinski definition) is 3. The van der Waals surface area contributed by atoms with Gasteiger partial charge in [0.05, 0.1) is 13.2 Å². The molecule has 3 N–H and O–H groups in total. The van der Waals surface area contributed by atoms with E-state index < -0.39 is 30.3 Å². The number of ether oxygens (including phenoxy) is 2. The van der Waals surface area contributed by atoms with Crippen molar-refractivity contribution in [1.29, 1.82) is 0 Å². The van der Waals surface area contributed by atoms with E-state index in [1.165, 1.54) is 0 Å². The average Bonchev–Trinajstić information content (AvgIpc) is 3.64. The fourth-order valence-corrected chi connectivity index (χ4v) is 6.36. The molecule has 0 saturated carbocycles. The molecule has 6 atom stereocenters. The Balaban J connectivity index is 1.69. The molecule has 3 aliphatic rings. The van der Waals surface area contributed by atoms with Crippen molar-refractivity contribution in [3.63, 3.8) is 0 Å². The van der Waals surface area contributed by atoms with Crippen LogP contribution in [0.1, 0.15) is 65.4 Å². The number of carbonyl (C=O) groups is 4. The van der Waals surface area contributed by atoms with E-state index in [2.05, 4.69) is 16.0 Å². The lowest BCUT2D eigenvalue weighted by atomic mass is 9.96. The highest BCUT2D eigenvalue weighted by atomic mass is 16.5. The van der Waals surface area contributed by atoms with E-state index in [1.807, 2.05) is 27.7 Å². The Morgan fingerprint density at radius 2 is 1.93 bits per heavy atom. The number of methoxy groups -OCH3 is 1. The maximum absolute atomic E-state index is 14.3. The number of benzene rings is 1. The first-order chi connectivity index (χ1) is 20.6. The number of nitrogens with zero attached hydrogens (tertiary/aromatic N) is 2. The van der Waals surface area contributed by atoms with Crippen LogP contribution in [-0.4, -0.2) is 90.9 Å². The van der Waals surface area contributed by atoms with Crippen LogP contribution in [0, 0.1) is 11.8 Å². The van der Waals surface area contributed by atoms with E-state index in [-0.39, 0.29) is 35.5 Å². The summed E-state index contributed by atoms with van der Waals surface area (Å²) in [6, 6.07) is 2.48. The number of amides is 4. The molecule has 1 aromatic carbocycles. The topological polar surface area (TPSA) is 129 Å². The Bertz CT molecular complexity index is 1220. The smallest absolute Gasteiger partial charge is 0.249 e.